The average molecular weight is 298 g/mol. The lowest BCUT2D eigenvalue weighted by Gasteiger charge is -2.07. The Hall–Kier alpha value is -2.89. The lowest BCUT2D eigenvalue weighted by atomic mass is 10.3. The van der Waals surface area contributed by atoms with Gasteiger partial charge in [0, 0.05) is 11.8 Å². The molecule has 0 fully saturated rings. The van der Waals surface area contributed by atoms with Crippen LogP contribution in [-0.2, 0) is 11.3 Å². The lowest BCUT2D eigenvalue weighted by molar-refractivity contribution is 0.0465. The average Bonchev–Trinajstić information content (AvgIpc) is 2.91. The van der Waals surface area contributed by atoms with E-state index in [4.69, 9.17) is 9.15 Å². The highest BCUT2D eigenvalue weighted by molar-refractivity contribution is 5.90. The fourth-order valence-corrected chi connectivity index (χ4v) is 2.25. The minimum absolute atomic E-state index is 0.0663. The van der Waals surface area contributed by atoms with E-state index in [-0.39, 0.29) is 12.2 Å². The van der Waals surface area contributed by atoms with E-state index in [2.05, 4.69) is 4.98 Å². The molecule has 0 aromatic carbocycles. The largest absolute Gasteiger partial charge is 0.469 e. The highest BCUT2D eigenvalue weighted by Crippen LogP contribution is 2.11. The van der Waals surface area contributed by atoms with Crippen LogP contribution in [0.3, 0.4) is 0 Å². The summed E-state index contributed by atoms with van der Waals surface area (Å²) >= 11 is 0. The minimum Gasteiger partial charge on any atom is -0.469 e. The number of fused-ring (bicyclic) bond motifs is 1. The highest BCUT2D eigenvalue weighted by atomic mass is 16.5. The van der Waals surface area contributed by atoms with Gasteiger partial charge in [0.1, 0.15) is 23.6 Å². The Morgan fingerprint density at radius 1 is 1.32 bits per heavy atom. The first-order chi connectivity index (χ1) is 10.6. The summed E-state index contributed by atoms with van der Waals surface area (Å²) in [6, 6.07) is 8.30. The molecular formula is C16H14N2O4. The molecule has 0 saturated heterocycles. The van der Waals surface area contributed by atoms with Crippen LogP contribution in [0.25, 0.3) is 5.65 Å². The third-order valence-corrected chi connectivity index (χ3v) is 3.36. The highest BCUT2D eigenvalue weighted by Gasteiger charge is 2.14. The van der Waals surface area contributed by atoms with E-state index in [1.165, 1.54) is 16.7 Å². The Morgan fingerprint density at radius 2 is 2.14 bits per heavy atom. The van der Waals surface area contributed by atoms with Crippen LogP contribution < -0.4 is 5.56 Å². The van der Waals surface area contributed by atoms with E-state index in [0.717, 1.165) is 5.69 Å². The second-order valence-electron chi connectivity index (χ2n) is 4.91. The van der Waals surface area contributed by atoms with Crippen molar-refractivity contribution >= 4 is 11.6 Å². The molecule has 0 atom stereocenters. The van der Waals surface area contributed by atoms with E-state index in [0.29, 0.717) is 22.7 Å². The second kappa shape index (κ2) is 5.48. The molecule has 6 heteroatoms. The molecule has 3 aromatic heterocycles. The molecule has 3 heterocycles. The molecule has 6 nitrogen and oxygen atoms in total. The molecule has 0 aliphatic heterocycles. The minimum atomic E-state index is -0.502. The SMILES string of the molecule is Cc1occc1C(=O)OCc1cc(=O)n2c(C)cccc2n1. The standard InChI is InChI=1S/C16H14N2O4/c1-10-4-3-5-14-17-12(8-15(19)18(10)14)9-22-16(20)13-6-7-21-11(13)2/h3-8H,9H2,1-2H3. The molecule has 0 saturated carbocycles. The number of furan rings is 1. The summed E-state index contributed by atoms with van der Waals surface area (Å²) in [5, 5.41) is 0. The first kappa shape index (κ1) is 14.1. The number of rotatable bonds is 3. The van der Waals surface area contributed by atoms with Crippen molar-refractivity contribution in [1.82, 2.24) is 9.38 Å². The molecule has 0 N–H and O–H groups in total. The number of nitrogens with zero attached hydrogens (tertiary/aromatic N) is 2. The zero-order valence-electron chi connectivity index (χ0n) is 12.2. The monoisotopic (exact) mass is 298 g/mol. The van der Waals surface area contributed by atoms with Gasteiger partial charge in [-0.3, -0.25) is 9.20 Å². The van der Waals surface area contributed by atoms with Crippen molar-refractivity contribution in [2.45, 2.75) is 20.5 Å². The molecule has 0 bridgehead atoms. The smallest absolute Gasteiger partial charge is 0.342 e. The molecule has 3 rings (SSSR count). The Bertz CT molecular complexity index is 908. The van der Waals surface area contributed by atoms with Crippen molar-refractivity contribution in [1.29, 1.82) is 0 Å². The van der Waals surface area contributed by atoms with Gasteiger partial charge in [-0.15, -0.1) is 0 Å². The molecule has 112 valence electrons. The first-order valence-corrected chi connectivity index (χ1v) is 6.76. The van der Waals surface area contributed by atoms with E-state index in [1.54, 1.807) is 19.1 Å². The van der Waals surface area contributed by atoms with Crippen LogP contribution >= 0.6 is 0 Å². The van der Waals surface area contributed by atoms with Gasteiger partial charge in [-0.1, -0.05) is 6.07 Å². The van der Waals surface area contributed by atoms with Crippen molar-refractivity contribution in [2.24, 2.45) is 0 Å². The molecule has 0 amide bonds. The molecule has 3 aromatic rings. The zero-order valence-corrected chi connectivity index (χ0v) is 12.2. The van der Waals surface area contributed by atoms with Crippen LogP contribution in [0.15, 0.2) is 45.8 Å². The van der Waals surface area contributed by atoms with Crippen molar-refractivity contribution in [3.63, 3.8) is 0 Å². The molecule has 0 aliphatic carbocycles. The molecule has 22 heavy (non-hydrogen) atoms. The van der Waals surface area contributed by atoms with Gasteiger partial charge in [-0.05, 0) is 32.0 Å². The van der Waals surface area contributed by atoms with E-state index in [9.17, 15) is 9.59 Å². The Morgan fingerprint density at radius 3 is 2.86 bits per heavy atom. The third kappa shape index (κ3) is 2.50. The Labute approximate surface area is 126 Å². The number of carbonyl (C=O) groups excluding carboxylic acids is 1. The van der Waals surface area contributed by atoms with Gasteiger partial charge in [0.25, 0.3) is 5.56 Å². The maximum atomic E-state index is 12.1. The summed E-state index contributed by atoms with van der Waals surface area (Å²) in [7, 11) is 0. The Kier molecular flexibility index (Phi) is 3.50. The quantitative estimate of drug-likeness (QED) is 0.693. The molecular weight excluding hydrogens is 284 g/mol. The predicted octanol–water partition coefficient (Wildman–Crippen LogP) is 2.26. The maximum Gasteiger partial charge on any atom is 0.342 e. The number of aryl methyl sites for hydroxylation is 2. The van der Waals surface area contributed by atoms with E-state index in [1.807, 2.05) is 19.1 Å². The number of aromatic nitrogens is 2. The maximum absolute atomic E-state index is 12.1. The topological polar surface area (TPSA) is 73.8 Å². The van der Waals surface area contributed by atoms with Gasteiger partial charge < -0.3 is 9.15 Å². The number of ether oxygens (including phenoxy) is 1. The number of pyridine rings is 1. The molecule has 0 radical (unpaired) electrons. The summed E-state index contributed by atoms with van der Waals surface area (Å²) in [6.45, 7) is 3.45. The summed E-state index contributed by atoms with van der Waals surface area (Å²) < 4.78 is 11.7. The van der Waals surface area contributed by atoms with Gasteiger partial charge in [0.05, 0.1) is 12.0 Å². The van der Waals surface area contributed by atoms with Crippen LogP contribution in [0, 0.1) is 13.8 Å². The first-order valence-electron chi connectivity index (χ1n) is 6.76. The zero-order chi connectivity index (χ0) is 15.7. The van der Waals surface area contributed by atoms with Gasteiger partial charge in [0.15, 0.2) is 0 Å². The van der Waals surface area contributed by atoms with Crippen LogP contribution in [0.5, 0.6) is 0 Å². The third-order valence-electron chi connectivity index (χ3n) is 3.36. The van der Waals surface area contributed by atoms with Crippen LogP contribution in [0.1, 0.15) is 27.5 Å². The normalized spacial score (nSPS) is 10.8. The van der Waals surface area contributed by atoms with Gasteiger partial charge in [-0.2, -0.15) is 0 Å². The summed E-state index contributed by atoms with van der Waals surface area (Å²) in [5.74, 6) is -0.00958. The predicted molar refractivity (Wildman–Crippen MR) is 78.8 cm³/mol. The van der Waals surface area contributed by atoms with Gasteiger partial charge >= 0.3 is 5.97 Å². The van der Waals surface area contributed by atoms with Crippen molar-refractivity contribution in [3.8, 4) is 0 Å². The van der Waals surface area contributed by atoms with Gasteiger partial charge in [-0.25, -0.2) is 9.78 Å². The van der Waals surface area contributed by atoms with Crippen molar-refractivity contribution in [3.05, 3.63) is 69.7 Å². The fraction of sp³-hybridized carbons (Fsp3) is 0.188. The summed E-state index contributed by atoms with van der Waals surface area (Å²) in [5.41, 5.74) is 1.90. The number of hydrogen-bond donors (Lipinski definition) is 0. The number of esters is 1. The van der Waals surface area contributed by atoms with E-state index < -0.39 is 5.97 Å². The lowest BCUT2D eigenvalue weighted by Crippen LogP contribution is -2.18. The second-order valence-corrected chi connectivity index (χ2v) is 4.91. The van der Waals surface area contributed by atoms with E-state index >= 15 is 0 Å². The van der Waals surface area contributed by atoms with Crippen molar-refractivity contribution in [2.75, 3.05) is 0 Å². The molecule has 0 spiro atoms. The molecule has 0 aliphatic rings. The fourth-order valence-electron chi connectivity index (χ4n) is 2.25. The molecule has 0 unspecified atom stereocenters. The number of carbonyl (C=O) groups is 1. The van der Waals surface area contributed by atoms with Crippen LogP contribution in [-0.4, -0.2) is 15.4 Å². The summed E-state index contributed by atoms with van der Waals surface area (Å²) in [6.07, 6.45) is 1.43. The van der Waals surface area contributed by atoms with Crippen molar-refractivity contribution < 1.29 is 13.9 Å². The van der Waals surface area contributed by atoms with Gasteiger partial charge in [0.2, 0.25) is 0 Å². The summed E-state index contributed by atoms with van der Waals surface area (Å²) in [4.78, 5) is 28.4. The Balaban J connectivity index is 1.85. The van der Waals surface area contributed by atoms with Crippen LogP contribution in [0.2, 0.25) is 0 Å². The number of hydrogen-bond acceptors (Lipinski definition) is 5. The van der Waals surface area contributed by atoms with Crippen LogP contribution in [0.4, 0.5) is 0 Å².